The van der Waals surface area contributed by atoms with E-state index in [1.165, 1.54) is 18.6 Å². The fourth-order valence-electron chi connectivity index (χ4n) is 1.86. The lowest BCUT2D eigenvalue weighted by molar-refractivity contribution is -0.123. The zero-order valence-corrected chi connectivity index (χ0v) is 13.5. The minimum Gasteiger partial charge on any atom is -0.484 e. The fraction of sp³-hybridized carbons (Fsp3) is 0.294. The van der Waals surface area contributed by atoms with Gasteiger partial charge in [0.25, 0.3) is 11.8 Å². The first-order valence-corrected chi connectivity index (χ1v) is 7.65. The topological polar surface area (TPSA) is 93.2 Å². The minimum atomic E-state index is -0.280. The first kappa shape index (κ1) is 17.4. The third-order valence-electron chi connectivity index (χ3n) is 3.15. The van der Waals surface area contributed by atoms with Crippen LogP contribution in [0.4, 0.5) is 0 Å². The van der Waals surface area contributed by atoms with Gasteiger partial charge in [0.15, 0.2) is 6.61 Å². The molecule has 1 aromatic heterocycles. The first-order valence-electron chi connectivity index (χ1n) is 7.65. The van der Waals surface area contributed by atoms with Crippen molar-refractivity contribution in [1.29, 1.82) is 0 Å². The van der Waals surface area contributed by atoms with E-state index in [0.717, 1.165) is 5.56 Å². The van der Waals surface area contributed by atoms with Gasteiger partial charge in [0.2, 0.25) is 0 Å². The van der Waals surface area contributed by atoms with E-state index in [-0.39, 0.29) is 24.1 Å². The van der Waals surface area contributed by atoms with Crippen LogP contribution in [0.3, 0.4) is 0 Å². The number of benzene rings is 1. The van der Waals surface area contributed by atoms with Crippen LogP contribution in [-0.4, -0.2) is 41.5 Å². The smallest absolute Gasteiger partial charge is 0.271 e. The maximum atomic E-state index is 11.7. The summed E-state index contributed by atoms with van der Waals surface area (Å²) in [6.45, 7) is 2.85. The molecule has 7 nitrogen and oxygen atoms in total. The third-order valence-corrected chi connectivity index (χ3v) is 3.15. The van der Waals surface area contributed by atoms with E-state index in [1.807, 2.05) is 31.2 Å². The van der Waals surface area contributed by atoms with Crippen molar-refractivity contribution in [1.82, 2.24) is 20.6 Å². The molecule has 0 spiro atoms. The van der Waals surface area contributed by atoms with Crippen molar-refractivity contribution in [3.05, 3.63) is 54.1 Å². The van der Waals surface area contributed by atoms with Gasteiger partial charge < -0.3 is 15.4 Å². The Morgan fingerprint density at radius 3 is 2.54 bits per heavy atom. The molecule has 1 aromatic carbocycles. The molecular weight excluding hydrogens is 308 g/mol. The lowest BCUT2D eigenvalue weighted by atomic mass is 10.2. The largest absolute Gasteiger partial charge is 0.484 e. The molecule has 0 fully saturated rings. The molecule has 0 radical (unpaired) electrons. The number of aromatic nitrogens is 2. The van der Waals surface area contributed by atoms with E-state index < -0.39 is 0 Å². The summed E-state index contributed by atoms with van der Waals surface area (Å²) < 4.78 is 5.38. The Kier molecular flexibility index (Phi) is 6.70. The van der Waals surface area contributed by atoms with Gasteiger partial charge in [-0.2, -0.15) is 0 Å². The highest BCUT2D eigenvalue weighted by Crippen LogP contribution is 2.10. The normalized spacial score (nSPS) is 10.0. The van der Waals surface area contributed by atoms with Crippen LogP contribution in [0.5, 0.6) is 5.75 Å². The number of amides is 2. The molecule has 1 heterocycles. The summed E-state index contributed by atoms with van der Waals surface area (Å²) >= 11 is 0. The summed E-state index contributed by atoms with van der Waals surface area (Å²) in [5.74, 6) is 0.181. The van der Waals surface area contributed by atoms with Gasteiger partial charge in [-0.1, -0.05) is 17.7 Å². The van der Waals surface area contributed by atoms with Crippen LogP contribution in [0.1, 0.15) is 22.5 Å². The molecule has 0 saturated heterocycles. The average Bonchev–Trinajstić information content (AvgIpc) is 2.61. The molecule has 126 valence electrons. The van der Waals surface area contributed by atoms with Crippen LogP contribution in [0.25, 0.3) is 0 Å². The monoisotopic (exact) mass is 328 g/mol. The number of ether oxygens (including phenoxy) is 1. The Morgan fingerprint density at radius 2 is 1.83 bits per heavy atom. The van der Waals surface area contributed by atoms with E-state index in [0.29, 0.717) is 25.3 Å². The summed E-state index contributed by atoms with van der Waals surface area (Å²) in [4.78, 5) is 31.1. The van der Waals surface area contributed by atoms with Crippen molar-refractivity contribution >= 4 is 11.8 Å². The Bertz CT molecular complexity index is 659. The first-order chi connectivity index (χ1) is 11.6. The molecule has 0 saturated carbocycles. The summed E-state index contributed by atoms with van der Waals surface area (Å²) in [6.07, 6.45) is 4.98. The second-order valence-corrected chi connectivity index (χ2v) is 5.15. The molecule has 0 aliphatic carbocycles. The maximum absolute atomic E-state index is 11.7. The van der Waals surface area contributed by atoms with Gasteiger partial charge in [-0.25, -0.2) is 4.98 Å². The molecule has 0 bridgehead atoms. The lowest BCUT2D eigenvalue weighted by Crippen LogP contribution is -2.32. The zero-order chi connectivity index (χ0) is 17.2. The zero-order valence-electron chi connectivity index (χ0n) is 13.5. The third kappa shape index (κ3) is 6.04. The minimum absolute atomic E-state index is 0.0327. The number of rotatable bonds is 8. The molecule has 24 heavy (non-hydrogen) atoms. The molecule has 0 aliphatic heterocycles. The van der Waals surface area contributed by atoms with Crippen LogP contribution < -0.4 is 15.4 Å². The number of carbonyl (C=O) groups is 2. The Labute approximate surface area is 140 Å². The van der Waals surface area contributed by atoms with Crippen LogP contribution in [0.15, 0.2) is 42.9 Å². The molecule has 2 amide bonds. The SMILES string of the molecule is Cc1ccc(OCC(=O)NCCCNC(=O)c2cnccn2)cc1. The van der Waals surface area contributed by atoms with Gasteiger partial charge in [0, 0.05) is 25.5 Å². The fourth-order valence-corrected chi connectivity index (χ4v) is 1.86. The van der Waals surface area contributed by atoms with Crippen molar-refractivity contribution < 1.29 is 14.3 Å². The van der Waals surface area contributed by atoms with E-state index in [1.54, 1.807) is 0 Å². The molecule has 0 unspecified atom stereocenters. The molecule has 0 aliphatic rings. The molecule has 2 rings (SSSR count). The predicted octanol–water partition coefficient (Wildman–Crippen LogP) is 1.10. The highest BCUT2D eigenvalue weighted by atomic mass is 16.5. The van der Waals surface area contributed by atoms with Gasteiger partial charge in [-0.3, -0.25) is 14.6 Å². The second-order valence-electron chi connectivity index (χ2n) is 5.15. The number of aryl methyl sites for hydroxylation is 1. The van der Waals surface area contributed by atoms with Crippen molar-refractivity contribution in [2.45, 2.75) is 13.3 Å². The van der Waals surface area contributed by atoms with Crippen LogP contribution >= 0.6 is 0 Å². The van der Waals surface area contributed by atoms with Gasteiger partial charge >= 0.3 is 0 Å². The van der Waals surface area contributed by atoms with Crippen molar-refractivity contribution in [2.24, 2.45) is 0 Å². The summed E-state index contributed by atoms with van der Waals surface area (Å²) in [7, 11) is 0. The standard InChI is InChI=1S/C17H20N4O3/c1-13-3-5-14(6-4-13)24-12-16(22)20-7-2-8-21-17(23)15-11-18-9-10-19-15/h3-6,9-11H,2,7-8,12H2,1H3,(H,20,22)(H,21,23). The number of nitrogens with zero attached hydrogens (tertiary/aromatic N) is 2. The number of hydrogen-bond donors (Lipinski definition) is 2. The molecule has 2 aromatic rings. The predicted molar refractivity (Wildman–Crippen MR) is 88.7 cm³/mol. The molecule has 7 heteroatoms. The van der Waals surface area contributed by atoms with E-state index in [9.17, 15) is 9.59 Å². The van der Waals surface area contributed by atoms with E-state index in [4.69, 9.17) is 4.74 Å². The lowest BCUT2D eigenvalue weighted by Gasteiger charge is -2.08. The van der Waals surface area contributed by atoms with Gasteiger partial charge in [-0.05, 0) is 25.5 Å². The van der Waals surface area contributed by atoms with Gasteiger partial charge in [0.1, 0.15) is 11.4 Å². The summed E-state index contributed by atoms with van der Waals surface area (Å²) in [5, 5.41) is 5.45. The Hall–Kier alpha value is -2.96. The number of hydrogen-bond acceptors (Lipinski definition) is 5. The van der Waals surface area contributed by atoms with Crippen molar-refractivity contribution in [3.8, 4) is 5.75 Å². The highest BCUT2D eigenvalue weighted by molar-refractivity contribution is 5.91. The van der Waals surface area contributed by atoms with Gasteiger partial charge in [0.05, 0.1) is 6.20 Å². The summed E-state index contributed by atoms with van der Waals surface area (Å²) in [6, 6.07) is 7.50. The van der Waals surface area contributed by atoms with E-state index in [2.05, 4.69) is 20.6 Å². The van der Waals surface area contributed by atoms with Crippen LogP contribution in [0.2, 0.25) is 0 Å². The number of carbonyl (C=O) groups excluding carboxylic acids is 2. The van der Waals surface area contributed by atoms with Crippen LogP contribution in [-0.2, 0) is 4.79 Å². The van der Waals surface area contributed by atoms with Crippen LogP contribution in [0, 0.1) is 6.92 Å². The quantitative estimate of drug-likeness (QED) is 0.708. The maximum Gasteiger partial charge on any atom is 0.271 e. The van der Waals surface area contributed by atoms with Crippen molar-refractivity contribution in [2.75, 3.05) is 19.7 Å². The number of nitrogens with one attached hydrogen (secondary N) is 2. The highest BCUT2D eigenvalue weighted by Gasteiger charge is 2.06. The summed E-state index contributed by atoms with van der Waals surface area (Å²) in [5.41, 5.74) is 1.41. The van der Waals surface area contributed by atoms with Crippen molar-refractivity contribution in [3.63, 3.8) is 0 Å². The molecule has 0 atom stereocenters. The Balaban J connectivity index is 1.56. The van der Waals surface area contributed by atoms with E-state index >= 15 is 0 Å². The molecule has 2 N–H and O–H groups in total. The average molecular weight is 328 g/mol. The van der Waals surface area contributed by atoms with Gasteiger partial charge in [-0.15, -0.1) is 0 Å². The second kappa shape index (κ2) is 9.24. The Morgan fingerprint density at radius 1 is 1.08 bits per heavy atom. The molecular formula is C17H20N4O3.